The second kappa shape index (κ2) is 7.27. The summed E-state index contributed by atoms with van der Waals surface area (Å²) in [5.74, 6) is 2.39. The number of nitrogens with zero attached hydrogens (tertiary/aromatic N) is 4. The lowest BCUT2D eigenvalue weighted by Crippen LogP contribution is -2.40. The number of aromatic nitrogens is 3. The summed E-state index contributed by atoms with van der Waals surface area (Å²) in [6.07, 6.45) is 4.58. The molecule has 3 aromatic heterocycles. The molecule has 8 heteroatoms. The topological polar surface area (TPSA) is 89.5 Å². The Hall–Kier alpha value is -2.71. The molecule has 3 aromatic rings. The molecule has 1 spiro atoms. The van der Waals surface area contributed by atoms with E-state index in [1.807, 2.05) is 32.2 Å². The van der Waals surface area contributed by atoms with Gasteiger partial charge in [0.15, 0.2) is 0 Å². The maximum Gasteiger partial charge on any atom is 0.223 e. The standard InChI is InChI=1S/C21H25N5O3/c1-14-18(15(2)29-25-14)10-26-6-5-21(12-26)13-27-11-16-8-22-20(24-19(16)21)23-9-17-4-3-7-28-17/h3-4,7-8H,5-6,9-13H2,1-2H3,(H,22,23,24)/t21-/m0/s1. The van der Waals surface area contributed by atoms with Crippen molar-refractivity contribution in [3.63, 3.8) is 0 Å². The van der Waals surface area contributed by atoms with Crippen molar-refractivity contribution in [2.45, 2.75) is 45.4 Å². The molecule has 0 saturated carbocycles. The van der Waals surface area contributed by atoms with Gasteiger partial charge in [-0.3, -0.25) is 4.90 Å². The zero-order valence-corrected chi connectivity index (χ0v) is 16.8. The normalized spacial score (nSPS) is 21.6. The quantitative estimate of drug-likeness (QED) is 0.705. The Morgan fingerprint density at radius 2 is 2.24 bits per heavy atom. The van der Waals surface area contributed by atoms with Gasteiger partial charge in [0.05, 0.1) is 42.8 Å². The molecule has 1 saturated heterocycles. The van der Waals surface area contributed by atoms with Gasteiger partial charge in [-0.15, -0.1) is 0 Å². The predicted molar refractivity (Wildman–Crippen MR) is 105 cm³/mol. The van der Waals surface area contributed by atoms with Crippen molar-refractivity contribution >= 4 is 5.95 Å². The van der Waals surface area contributed by atoms with Gasteiger partial charge in [0.25, 0.3) is 0 Å². The molecule has 5 heterocycles. The van der Waals surface area contributed by atoms with Crippen LogP contribution in [0, 0.1) is 13.8 Å². The maximum absolute atomic E-state index is 5.95. The van der Waals surface area contributed by atoms with E-state index in [0.29, 0.717) is 25.7 Å². The van der Waals surface area contributed by atoms with Crippen LogP contribution in [0.1, 0.15) is 40.5 Å². The Bertz CT molecular complexity index is 980. The third-order valence-electron chi connectivity index (χ3n) is 6.00. The van der Waals surface area contributed by atoms with Crippen LogP contribution in [0.3, 0.4) is 0 Å². The fraction of sp³-hybridized carbons (Fsp3) is 0.476. The van der Waals surface area contributed by atoms with Gasteiger partial charge >= 0.3 is 0 Å². The summed E-state index contributed by atoms with van der Waals surface area (Å²) in [5, 5.41) is 7.36. The molecule has 0 amide bonds. The summed E-state index contributed by atoms with van der Waals surface area (Å²) < 4.78 is 16.7. The van der Waals surface area contributed by atoms with Gasteiger partial charge in [0, 0.05) is 30.4 Å². The molecule has 2 aliphatic rings. The van der Waals surface area contributed by atoms with Gasteiger partial charge in [-0.05, 0) is 38.9 Å². The third-order valence-corrected chi connectivity index (χ3v) is 6.00. The van der Waals surface area contributed by atoms with Gasteiger partial charge in [-0.25, -0.2) is 9.97 Å². The zero-order chi connectivity index (χ0) is 19.8. The number of fused-ring (bicyclic) bond motifs is 2. The van der Waals surface area contributed by atoms with Crippen LogP contribution in [0.15, 0.2) is 33.5 Å². The first-order valence-corrected chi connectivity index (χ1v) is 9.97. The summed E-state index contributed by atoms with van der Waals surface area (Å²) in [4.78, 5) is 11.8. The Kier molecular flexibility index (Phi) is 4.60. The van der Waals surface area contributed by atoms with Crippen LogP contribution in [0.2, 0.25) is 0 Å². The van der Waals surface area contributed by atoms with E-state index in [4.69, 9.17) is 18.7 Å². The van der Waals surface area contributed by atoms with Crippen LogP contribution in [-0.4, -0.2) is 39.7 Å². The summed E-state index contributed by atoms with van der Waals surface area (Å²) in [7, 11) is 0. The summed E-state index contributed by atoms with van der Waals surface area (Å²) in [6, 6.07) is 3.81. The monoisotopic (exact) mass is 395 g/mol. The second-order valence-electron chi connectivity index (χ2n) is 8.04. The molecule has 0 radical (unpaired) electrons. The molecule has 0 unspecified atom stereocenters. The van der Waals surface area contributed by atoms with Gasteiger partial charge in [-0.2, -0.15) is 0 Å². The molecule has 1 fully saturated rings. The van der Waals surface area contributed by atoms with Crippen molar-refractivity contribution in [3.8, 4) is 0 Å². The van der Waals surface area contributed by atoms with E-state index in [0.717, 1.165) is 54.5 Å². The Morgan fingerprint density at radius 1 is 1.31 bits per heavy atom. The number of ether oxygens (including phenoxy) is 1. The highest BCUT2D eigenvalue weighted by Crippen LogP contribution is 2.40. The van der Waals surface area contributed by atoms with Gasteiger partial charge in [-0.1, -0.05) is 5.16 Å². The molecular weight excluding hydrogens is 370 g/mol. The summed E-state index contributed by atoms with van der Waals surface area (Å²) in [5.41, 5.74) is 4.25. The third kappa shape index (κ3) is 3.42. The molecule has 0 aliphatic carbocycles. The predicted octanol–water partition coefficient (Wildman–Crippen LogP) is 2.96. The average molecular weight is 395 g/mol. The molecule has 2 aliphatic heterocycles. The summed E-state index contributed by atoms with van der Waals surface area (Å²) in [6.45, 7) is 8.53. The number of likely N-dealkylation sites (tertiary alicyclic amines) is 1. The smallest absolute Gasteiger partial charge is 0.223 e. The van der Waals surface area contributed by atoms with E-state index >= 15 is 0 Å². The highest BCUT2D eigenvalue weighted by molar-refractivity contribution is 5.37. The largest absolute Gasteiger partial charge is 0.467 e. The first kappa shape index (κ1) is 18.3. The van der Waals surface area contributed by atoms with Crippen molar-refractivity contribution in [3.05, 3.63) is 58.6 Å². The molecule has 8 nitrogen and oxygen atoms in total. The van der Waals surface area contributed by atoms with Gasteiger partial charge < -0.3 is 19.0 Å². The number of rotatable bonds is 5. The molecular formula is C21H25N5O3. The molecule has 0 aromatic carbocycles. The molecule has 1 N–H and O–H groups in total. The van der Waals surface area contributed by atoms with E-state index < -0.39 is 0 Å². The fourth-order valence-electron chi connectivity index (χ4n) is 4.42. The van der Waals surface area contributed by atoms with Crippen molar-refractivity contribution in [2.24, 2.45) is 0 Å². The molecule has 29 heavy (non-hydrogen) atoms. The molecule has 5 rings (SSSR count). The van der Waals surface area contributed by atoms with E-state index in [-0.39, 0.29) is 5.41 Å². The molecule has 1 atom stereocenters. The molecule has 152 valence electrons. The maximum atomic E-state index is 5.95. The number of aryl methyl sites for hydroxylation is 2. The number of furan rings is 1. The van der Waals surface area contributed by atoms with Gasteiger partial charge in [0.1, 0.15) is 11.5 Å². The van der Waals surface area contributed by atoms with E-state index in [2.05, 4.69) is 20.4 Å². The van der Waals surface area contributed by atoms with Crippen molar-refractivity contribution < 1.29 is 13.7 Å². The fourth-order valence-corrected chi connectivity index (χ4v) is 4.42. The van der Waals surface area contributed by atoms with Crippen LogP contribution in [0.4, 0.5) is 5.95 Å². The number of hydrogen-bond donors (Lipinski definition) is 1. The Labute approximate surface area is 169 Å². The second-order valence-corrected chi connectivity index (χ2v) is 8.04. The van der Waals surface area contributed by atoms with Crippen LogP contribution in [0.25, 0.3) is 0 Å². The van der Waals surface area contributed by atoms with Crippen LogP contribution in [-0.2, 0) is 29.8 Å². The Balaban J connectivity index is 1.36. The lowest BCUT2D eigenvalue weighted by Gasteiger charge is -2.34. The lowest BCUT2D eigenvalue weighted by molar-refractivity contribution is 0.0503. The highest BCUT2D eigenvalue weighted by atomic mass is 16.5. The van der Waals surface area contributed by atoms with Crippen LogP contribution in [0.5, 0.6) is 0 Å². The number of anilines is 1. The van der Waals surface area contributed by atoms with Crippen molar-refractivity contribution in [1.29, 1.82) is 0 Å². The number of hydrogen-bond acceptors (Lipinski definition) is 8. The SMILES string of the molecule is Cc1noc(C)c1CN1CC[C@@]2(COCc3cnc(NCc4ccco4)nc32)C1. The van der Waals surface area contributed by atoms with Crippen LogP contribution >= 0.6 is 0 Å². The van der Waals surface area contributed by atoms with Crippen molar-refractivity contribution in [2.75, 3.05) is 25.0 Å². The minimum absolute atomic E-state index is 0.101. The minimum Gasteiger partial charge on any atom is -0.467 e. The van der Waals surface area contributed by atoms with Crippen LogP contribution < -0.4 is 5.32 Å². The Morgan fingerprint density at radius 3 is 3.03 bits per heavy atom. The van der Waals surface area contributed by atoms with Crippen molar-refractivity contribution in [1.82, 2.24) is 20.0 Å². The first-order valence-electron chi connectivity index (χ1n) is 9.97. The number of nitrogens with one attached hydrogen (secondary N) is 1. The first-order chi connectivity index (χ1) is 14.1. The zero-order valence-electron chi connectivity index (χ0n) is 16.8. The van der Waals surface area contributed by atoms with Gasteiger partial charge in [0.2, 0.25) is 5.95 Å². The van der Waals surface area contributed by atoms with E-state index in [9.17, 15) is 0 Å². The minimum atomic E-state index is -0.101. The highest BCUT2D eigenvalue weighted by Gasteiger charge is 2.45. The van der Waals surface area contributed by atoms with E-state index in [1.54, 1.807) is 6.26 Å². The summed E-state index contributed by atoms with van der Waals surface area (Å²) >= 11 is 0. The van der Waals surface area contributed by atoms with E-state index in [1.165, 1.54) is 5.56 Å². The average Bonchev–Trinajstić information content (AvgIpc) is 3.46. The lowest BCUT2D eigenvalue weighted by atomic mass is 9.80. The molecule has 0 bridgehead atoms.